The standard InChI is InChI=1S/C30H39Cl2N7O4/c1-6-24(40)36-19-9-12-43-16-21(19)38-30-35-15-18-13-20(25-26(31)22(41-4)14-23(42-5)27(25)32)37-29(28(18)39-30)34-11-8-7-10-33-17(2)3/h6,13-15,17,19,21,33H,1,7-12,16H2,2-5H3,(H,34,37)(H,36,40)(H,35,38,39)/t19-,21+/m0/s1. The third kappa shape index (κ3) is 8.17. The van der Waals surface area contributed by atoms with Gasteiger partial charge in [-0.05, 0) is 37.9 Å². The highest BCUT2D eigenvalue weighted by atomic mass is 35.5. The van der Waals surface area contributed by atoms with E-state index in [0.717, 1.165) is 24.8 Å². The summed E-state index contributed by atoms with van der Waals surface area (Å²) in [4.78, 5) is 26.3. The number of anilines is 2. The van der Waals surface area contributed by atoms with Crippen LogP contribution >= 0.6 is 23.2 Å². The molecule has 2 aromatic heterocycles. The van der Waals surface area contributed by atoms with Crippen molar-refractivity contribution in [1.29, 1.82) is 0 Å². The molecule has 3 aromatic rings. The summed E-state index contributed by atoms with van der Waals surface area (Å²) in [5.74, 6) is 1.53. The number of nitrogens with one attached hydrogen (secondary N) is 4. The lowest BCUT2D eigenvalue weighted by molar-refractivity contribution is -0.117. The van der Waals surface area contributed by atoms with Gasteiger partial charge in [0.25, 0.3) is 0 Å². The van der Waals surface area contributed by atoms with Gasteiger partial charge in [0.15, 0.2) is 5.82 Å². The Kier molecular flexibility index (Phi) is 11.6. The highest BCUT2D eigenvalue weighted by Gasteiger charge is 2.28. The Balaban J connectivity index is 1.70. The Labute approximate surface area is 262 Å². The van der Waals surface area contributed by atoms with Crippen molar-refractivity contribution in [2.75, 3.05) is 51.2 Å². The molecule has 1 aliphatic rings. The second-order valence-electron chi connectivity index (χ2n) is 10.4. The van der Waals surface area contributed by atoms with Gasteiger partial charge in [-0.3, -0.25) is 4.79 Å². The predicted octanol–water partition coefficient (Wildman–Crippen LogP) is 5.08. The molecule has 4 rings (SSSR count). The fourth-order valence-corrected chi connectivity index (χ4v) is 5.47. The largest absolute Gasteiger partial charge is 0.495 e. The number of pyridine rings is 1. The van der Waals surface area contributed by atoms with Crippen LogP contribution < -0.4 is 30.7 Å². The Hall–Kier alpha value is -3.38. The normalized spacial score (nSPS) is 16.6. The van der Waals surface area contributed by atoms with Gasteiger partial charge in [0.2, 0.25) is 11.9 Å². The third-order valence-corrected chi connectivity index (χ3v) is 7.78. The lowest BCUT2D eigenvalue weighted by Crippen LogP contribution is -2.52. The average molecular weight is 633 g/mol. The first-order valence-electron chi connectivity index (χ1n) is 14.3. The van der Waals surface area contributed by atoms with Gasteiger partial charge in [0.1, 0.15) is 17.0 Å². The predicted molar refractivity (Wildman–Crippen MR) is 172 cm³/mol. The molecule has 0 spiro atoms. The van der Waals surface area contributed by atoms with Gasteiger partial charge in [-0.25, -0.2) is 15.0 Å². The van der Waals surface area contributed by atoms with Crippen LogP contribution in [0.4, 0.5) is 11.8 Å². The Morgan fingerprint density at radius 1 is 1.12 bits per heavy atom. The van der Waals surface area contributed by atoms with E-state index < -0.39 is 0 Å². The molecule has 1 saturated heterocycles. The number of carbonyl (C=O) groups is 1. The topological polar surface area (TPSA) is 132 Å². The monoisotopic (exact) mass is 631 g/mol. The van der Waals surface area contributed by atoms with Crippen molar-refractivity contribution in [3.05, 3.63) is 41.0 Å². The number of amides is 1. The second-order valence-corrected chi connectivity index (χ2v) is 11.2. The minimum atomic E-state index is -0.239. The summed E-state index contributed by atoms with van der Waals surface area (Å²) in [5, 5.41) is 14.5. The Bertz CT molecular complexity index is 1410. The van der Waals surface area contributed by atoms with Gasteiger partial charge < -0.3 is 35.5 Å². The highest BCUT2D eigenvalue weighted by Crippen LogP contribution is 2.46. The van der Waals surface area contributed by atoms with Crippen molar-refractivity contribution >= 4 is 51.8 Å². The summed E-state index contributed by atoms with van der Waals surface area (Å²) in [6, 6.07) is 3.52. The van der Waals surface area contributed by atoms with E-state index in [1.807, 2.05) is 6.07 Å². The van der Waals surface area contributed by atoms with E-state index in [9.17, 15) is 4.79 Å². The maximum atomic E-state index is 12.0. The van der Waals surface area contributed by atoms with E-state index in [1.54, 1.807) is 12.3 Å². The van der Waals surface area contributed by atoms with Crippen molar-refractivity contribution < 1.29 is 19.0 Å². The third-order valence-electron chi connectivity index (χ3n) is 7.03. The van der Waals surface area contributed by atoms with Crippen LogP contribution in [0.2, 0.25) is 10.0 Å². The molecule has 0 unspecified atom stereocenters. The van der Waals surface area contributed by atoms with Crippen LogP contribution in [0.5, 0.6) is 11.5 Å². The van der Waals surface area contributed by atoms with Crippen LogP contribution in [0, 0.1) is 0 Å². The molecule has 4 N–H and O–H groups in total. The molecule has 1 fully saturated rings. The molecule has 3 heterocycles. The van der Waals surface area contributed by atoms with Crippen molar-refractivity contribution in [1.82, 2.24) is 25.6 Å². The number of hydrogen-bond donors (Lipinski definition) is 4. The zero-order chi connectivity index (χ0) is 30.9. The molecule has 11 nitrogen and oxygen atoms in total. The van der Waals surface area contributed by atoms with E-state index in [4.69, 9.17) is 47.4 Å². The zero-order valence-corrected chi connectivity index (χ0v) is 26.4. The van der Waals surface area contributed by atoms with Crippen LogP contribution in [0.15, 0.2) is 31.0 Å². The fraction of sp³-hybridized carbons (Fsp3) is 0.467. The van der Waals surface area contributed by atoms with Gasteiger partial charge in [0.05, 0.1) is 48.6 Å². The molecule has 43 heavy (non-hydrogen) atoms. The molecular weight excluding hydrogens is 593 g/mol. The molecule has 1 amide bonds. The molecular formula is C30H39Cl2N7O4. The number of halogens is 2. The molecule has 0 saturated carbocycles. The first-order chi connectivity index (χ1) is 20.7. The summed E-state index contributed by atoms with van der Waals surface area (Å²) in [5.41, 5.74) is 1.61. The number of methoxy groups -OCH3 is 2. The van der Waals surface area contributed by atoms with Gasteiger partial charge in [-0.1, -0.05) is 43.6 Å². The molecule has 0 radical (unpaired) electrons. The van der Waals surface area contributed by atoms with Crippen LogP contribution in [0.3, 0.4) is 0 Å². The lowest BCUT2D eigenvalue weighted by Gasteiger charge is -2.32. The number of ether oxygens (including phenoxy) is 3. The van der Waals surface area contributed by atoms with Gasteiger partial charge in [-0.15, -0.1) is 0 Å². The highest BCUT2D eigenvalue weighted by molar-refractivity contribution is 6.41. The molecule has 0 bridgehead atoms. The zero-order valence-electron chi connectivity index (χ0n) is 24.9. The molecule has 1 aromatic carbocycles. The molecule has 232 valence electrons. The minimum Gasteiger partial charge on any atom is -0.495 e. The van der Waals surface area contributed by atoms with Crippen LogP contribution in [-0.2, 0) is 9.53 Å². The van der Waals surface area contributed by atoms with Crippen molar-refractivity contribution in [3.63, 3.8) is 0 Å². The van der Waals surface area contributed by atoms with E-state index in [2.05, 4.69) is 46.7 Å². The average Bonchev–Trinajstić information content (AvgIpc) is 3.00. The first kappa shape index (κ1) is 32.5. The fourth-order valence-electron chi connectivity index (χ4n) is 4.78. The molecule has 2 atom stereocenters. The van der Waals surface area contributed by atoms with E-state index >= 15 is 0 Å². The lowest BCUT2D eigenvalue weighted by atomic mass is 10.0. The van der Waals surface area contributed by atoms with Crippen LogP contribution in [-0.4, -0.2) is 79.5 Å². The van der Waals surface area contributed by atoms with Crippen LogP contribution in [0.1, 0.15) is 33.1 Å². The molecule has 1 aliphatic heterocycles. The minimum absolute atomic E-state index is 0.164. The number of unbranched alkanes of at least 4 members (excludes halogenated alkanes) is 1. The smallest absolute Gasteiger partial charge is 0.243 e. The second kappa shape index (κ2) is 15.4. The number of aromatic nitrogens is 3. The molecule has 0 aliphatic carbocycles. The van der Waals surface area contributed by atoms with E-state index in [1.165, 1.54) is 20.3 Å². The number of nitrogens with zero attached hydrogens (tertiary/aromatic N) is 3. The number of fused-ring (bicyclic) bond motifs is 1. The van der Waals surface area contributed by atoms with Crippen molar-refractivity contribution in [2.24, 2.45) is 0 Å². The van der Waals surface area contributed by atoms with E-state index in [-0.39, 0.29) is 18.0 Å². The number of benzene rings is 1. The summed E-state index contributed by atoms with van der Waals surface area (Å²) in [7, 11) is 3.06. The maximum Gasteiger partial charge on any atom is 0.243 e. The van der Waals surface area contributed by atoms with Gasteiger partial charge in [0, 0.05) is 42.4 Å². The van der Waals surface area contributed by atoms with Crippen molar-refractivity contribution in [2.45, 2.75) is 51.2 Å². The number of hydrogen-bond acceptors (Lipinski definition) is 10. The summed E-state index contributed by atoms with van der Waals surface area (Å²) >= 11 is 13.5. The Morgan fingerprint density at radius 2 is 1.84 bits per heavy atom. The number of carbonyl (C=O) groups excluding carboxylic acids is 1. The number of rotatable bonds is 14. The molecule has 13 heteroatoms. The van der Waals surface area contributed by atoms with Crippen LogP contribution in [0.25, 0.3) is 22.2 Å². The summed E-state index contributed by atoms with van der Waals surface area (Å²) < 4.78 is 16.6. The van der Waals surface area contributed by atoms with E-state index in [0.29, 0.717) is 82.3 Å². The Morgan fingerprint density at radius 3 is 2.51 bits per heavy atom. The van der Waals surface area contributed by atoms with Gasteiger partial charge in [-0.2, -0.15) is 0 Å². The summed E-state index contributed by atoms with van der Waals surface area (Å²) in [6.45, 7) is 10.3. The quantitative estimate of drug-likeness (QED) is 0.141. The SMILES string of the molecule is C=CC(=O)N[C@H]1CCOC[C@H]1Nc1ncc2cc(-c3c(Cl)c(OC)cc(OC)c3Cl)nc(NCCCCNC(C)C)c2n1. The maximum absolute atomic E-state index is 12.0. The van der Waals surface area contributed by atoms with Gasteiger partial charge >= 0.3 is 0 Å². The first-order valence-corrected chi connectivity index (χ1v) is 15.0. The summed E-state index contributed by atoms with van der Waals surface area (Å²) in [6.07, 6.45) is 5.54. The van der Waals surface area contributed by atoms with Crippen molar-refractivity contribution in [3.8, 4) is 22.8 Å².